The molecule has 0 aromatic heterocycles. The van der Waals surface area contributed by atoms with Crippen molar-refractivity contribution in [1.29, 1.82) is 0 Å². The maximum atomic E-state index is 12.5. The molecule has 0 atom stereocenters. The summed E-state index contributed by atoms with van der Waals surface area (Å²) in [5, 5.41) is 0. The minimum absolute atomic E-state index is 0.249. The zero-order chi connectivity index (χ0) is 14.9. The van der Waals surface area contributed by atoms with E-state index in [2.05, 4.69) is 17.0 Å². The van der Waals surface area contributed by atoms with Gasteiger partial charge in [0, 0.05) is 26.1 Å². The first-order valence-electron chi connectivity index (χ1n) is 8.03. The van der Waals surface area contributed by atoms with Crippen LogP contribution in [0.2, 0.25) is 0 Å². The van der Waals surface area contributed by atoms with Crippen LogP contribution >= 0.6 is 0 Å². The van der Waals surface area contributed by atoms with Gasteiger partial charge in [0.25, 0.3) is 0 Å². The number of carbonyl (C=O) groups is 1. The normalized spacial score (nSPS) is 15.3. The third kappa shape index (κ3) is 5.48. The standard InChI is InChI=1S/C17H27N3O/c18-10-6-13-20(15-16-7-2-1-3-8-16)17(21)9-14-19-11-4-5-12-19/h1-3,7-8H,4-6,9-15,18H2. The van der Waals surface area contributed by atoms with Crippen molar-refractivity contribution in [2.45, 2.75) is 32.2 Å². The van der Waals surface area contributed by atoms with Gasteiger partial charge in [0.15, 0.2) is 0 Å². The predicted octanol–water partition coefficient (Wildman–Crippen LogP) is 1.85. The molecule has 1 aromatic carbocycles. The number of benzene rings is 1. The van der Waals surface area contributed by atoms with Crippen molar-refractivity contribution in [1.82, 2.24) is 9.80 Å². The molecule has 0 spiro atoms. The fraction of sp³-hybridized carbons (Fsp3) is 0.588. The Balaban J connectivity index is 1.86. The molecule has 1 heterocycles. The Kier molecular flexibility index (Phi) is 6.70. The first-order chi connectivity index (χ1) is 10.3. The minimum Gasteiger partial charge on any atom is -0.338 e. The first-order valence-corrected chi connectivity index (χ1v) is 8.03. The van der Waals surface area contributed by atoms with Crippen LogP contribution in [0.15, 0.2) is 30.3 Å². The van der Waals surface area contributed by atoms with E-state index in [-0.39, 0.29) is 5.91 Å². The highest BCUT2D eigenvalue weighted by Gasteiger charge is 2.17. The van der Waals surface area contributed by atoms with Gasteiger partial charge in [0.1, 0.15) is 0 Å². The molecule has 1 fully saturated rings. The number of hydrogen-bond acceptors (Lipinski definition) is 3. The monoisotopic (exact) mass is 289 g/mol. The van der Waals surface area contributed by atoms with Crippen molar-refractivity contribution in [3.05, 3.63) is 35.9 Å². The summed E-state index contributed by atoms with van der Waals surface area (Å²) < 4.78 is 0. The molecule has 1 amide bonds. The quantitative estimate of drug-likeness (QED) is 0.794. The highest BCUT2D eigenvalue weighted by atomic mass is 16.2. The number of hydrogen-bond donors (Lipinski definition) is 1. The minimum atomic E-state index is 0.249. The van der Waals surface area contributed by atoms with Crippen LogP contribution in [0.5, 0.6) is 0 Å². The zero-order valence-corrected chi connectivity index (χ0v) is 12.8. The van der Waals surface area contributed by atoms with Crippen molar-refractivity contribution in [2.24, 2.45) is 5.73 Å². The van der Waals surface area contributed by atoms with Crippen LogP contribution in [0, 0.1) is 0 Å². The van der Waals surface area contributed by atoms with Crippen LogP contribution in [0.4, 0.5) is 0 Å². The van der Waals surface area contributed by atoms with Crippen molar-refractivity contribution in [3.63, 3.8) is 0 Å². The van der Waals surface area contributed by atoms with Gasteiger partial charge in [-0.25, -0.2) is 0 Å². The largest absolute Gasteiger partial charge is 0.338 e. The molecule has 1 aliphatic rings. The van der Waals surface area contributed by atoms with Crippen molar-refractivity contribution < 1.29 is 4.79 Å². The lowest BCUT2D eigenvalue weighted by molar-refractivity contribution is -0.132. The molecule has 4 heteroatoms. The lowest BCUT2D eigenvalue weighted by Crippen LogP contribution is -2.35. The smallest absolute Gasteiger partial charge is 0.224 e. The molecule has 2 rings (SSSR count). The lowest BCUT2D eigenvalue weighted by atomic mass is 10.2. The van der Waals surface area contributed by atoms with Crippen LogP contribution in [0.1, 0.15) is 31.2 Å². The number of nitrogens with zero attached hydrogens (tertiary/aromatic N) is 2. The molecule has 0 unspecified atom stereocenters. The maximum absolute atomic E-state index is 12.5. The highest BCUT2D eigenvalue weighted by molar-refractivity contribution is 5.76. The third-order valence-corrected chi connectivity index (χ3v) is 4.04. The Labute approximate surface area is 127 Å². The Morgan fingerprint density at radius 2 is 1.90 bits per heavy atom. The molecular formula is C17H27N3O. The number of carbonyl (C=O) groups excluding carboxylic acids is 1. The fourth-order valence-electron chi connectivity index (χ4n) is 2.80. The van der Waals surface area contributed by atoms with Crippen LogP contribution in [0.25, 0.3) is 0 Å². The summed E-state index contributed by atoms with van der Waals surface area (Å²) in [4.78, 5) is 16.8. The van der Waals surface area contributed by atoms with E-state index in [1.807, 2.05) is 23.1 Å². The van der Waals surface area contributed by atoms with E-state index in [0.29, 0.717) is 19.5 Å². The topological polar surface area (TPSA) is 49.6 Å². The molecule has 0 bridgehead atoms. The van der Waals surface area contributed by atoms with Crippen molar-refractivity contribution in [2.75, 3.05) is 32.7 Å². The summed E-state index contributed by atoms with van der Waals surface area (Å²) in [5.41, 5.74) is 6.78. The molecule has 116 valence electrons. The first kappa shape index (κ1) is 16.0. The molecule has 0 radical (unpaired) electrons. The average molecular weight is 289 g/mol. The number of amides is 1. The number of nitrogens with two attached hydrogens (primary N) is 1. The molecule has 1 saturated heterocycles. The molecule has 21 heavy (non-hydrogen) atoms. The summed E-state index contributed by atoms with van der Waals surface area (Å²) in [6.45, 7) is 5.27. The van der Waals surface area contributed by atoms with Gasteiger partial charge in [-0.2, -0.15) is 0 Å². The molecule has 0 aliphatic carbocycles. The number of likely N-dealkylation sites (tertiary alicyclic amines) is 1. The summed E-state index contributed by atoms with van der Waals surface area (Å²) >= 11 is 0. The maximum Gasteiger partial charge on any atom is 0.224 e. The van der Waals surface area contributed by atoms with Crippen LogP contribution in [0.3, 0.4) is 0 Å². The van der Waals surface area contributed by atoms with E-state index in [1.54, 1.807) is 0 Å². The Hall–Kier alpha value is -1.39. The molecule has 1 aliphatic heterocycles. The van der Waals surface area contributed by atoms with Gasteiger partial charge in [0.05, 0.1) is 0 Å². The zero-order valence-electron chi connectivity index (χ0n) is 12.8. The van der Waals surface area contributed by atoms with Gasteiger partial charge in [0.2, 0.25) is 5.91 Å². The Bertz CT molecular complexity index is 415. The second-order valence-electron chi connectivity index (χ2n) is 5.74. The van der Waals surface area contributed by atoms with E-state index in [4.69, 9.17) is 5.73 Å². The van der Waals surface area contributed by atoms with E-state index in [0.717, 1.165) is 32.6 Å². The summed E-state index contributed by atoms with van der Waals surface area (Å²) in [6, 6.07) is 10.2. The SMILES string of the molecule is NCCCN(Cc1ccccc1)C(=O)CCN1CCCC1. The second kappa shape index (κ2) is 8.80. The van der Waals surface area contributed by atoms with Gasteiger partial charge in [-0.05, 0) is 44.5 Å². The van der Waals surface area contributed by atoms with E-state index in [9.17, 15) is 4.79 Å². The van der Waals surface area contributed by atoms with Gasteiger partial charge in [-0.15, -0.1) is 0 Å². The molecule has 4 nitrogen and oxygen atoms in total. The van der Waals surface area contributed by atoms with E-state index >= 15 is 0 Å². The summed E-state index contributed by atoms with van der Waals surface area (Å²) in [7, 11) is 0. The highest BCUT2D eigenvalue weighted by Crippen LogP contribution is 2.10. The van der Waals surface area contributed by atoms with E-state index in [1.165, 1.54) is 18.4 Å². The van der Waals surface area contributed by atoms with E-state index < -0.39 is 0 Å². The van der Waals surface area contributed by atoms with Crippen molar-refractivity contribution >= 4 is 5.91 Å². The predicted molar refractivity (Wildman–Crippen MR) is 85.8 cm³/mol. The van der Waals surface area contributed by atoms with Crippen LogP contribution in [-0.2, 0) is 11.3 Å². The van der Waals surface area contributed by atoms with Gasteiger partial charge in [-0.3, -0.25) is 4.79 Å². The van der Waals surface area contributed by atoms with Crippen LogP contribution < -0.4 is 5.73 Å². The van der Waals surface area contributed by atoms with Gasteiger partial charge >= 0.3 is 0 Å². The Morgan fingerprint density at radius 3 is 2.57 bits per heavy atom. The Morgan fingerprint density at radius 1 is 1.19 bits per heavy atom. The molecular weight excluding hydrogens is 262 g/mol. The van der Waals surface area contributed by atoms with Gasteiger partial charge in [-0.1, -0.05) is 30.3 Å². The lowest BCUT2D eigenvalue weighted by Gasteiger charge is -2.24. The molecule has 1 aromatic rings. The van der Waals surface area contributed by atoms with Gasteiger partial charge < -0.3 is 15.5 Å². The summed E-state index contributed by atoms with van der Waals surface area (Å²) in [6.07, 6.45) is 4.03. The third-order valence-electron chi connectivity index (χ3n) is 4.04. The molecule has 0 saturated carbocycles. The summed E-state index contributed by atoms with van der Waals surface area (Å²) in [5.74, 6) is 0.249. The second-order valence-corrected chi connectivity index (χ2v) is 5.74. The van der Waals surface area contributed by atoms with Crippen LogP contribution in [-0.4, -0.2) is 48.4 Å². The fourth-order valence-corrected chi connectivity index (χ4v) is 2.80. The van der Waals surface area contributed by atoms with Crippen molar-refractivity contribution in [3.8, 4) is 0 Å². The average Bonchev–Trinajstić information content (AvgIpc) is 3.03. The number of rotatable bonds is 8. The molecule has 2 N–H and O–H groups in total.